The van der Waals surface area contributed by atoms with Gasteiger partial charge < -0.3 is 10.1 Å². The number of hydrogen-bond donors (Lipinski definition) is 1. The number of anilines is 1. The van der Waals surface area contributed by atoms with E-state index in [1.165, 1.54) is 0 Å². The van der Waals surface area contributed by atoms with Crippen LogP contribution in [0.5, 0.6) is 0 Å². The van der Waals surface area contributed by atoms with Crippen LogP contribution in [-0.2, 0) is 20.7 Å². The van der Waals surface area contributed by atoms with E-state index < -0.39 is 5.97 Å². The fraction of sp³-hybridized carbons (Fsp3) is 0.250. The van der Waals surface area contributed by atoms with Gasteiger partial charge in [0.1, 0.15) is 0 Å². The van der Waals surface area contributed by atoms with Crippen LogP contribution in [0.4, 0.5) is 5.69 Å². The lowest BCUT2D eigenvalue weighted by Crippen LogP contribution is -2.22. The average Bonchev–Trinajstić information content (AvgIpc) is 2.72. The first-order chi connectivity index (χ1) is 13.6. The number of rotatable bonds is 7. The van der Waals surface area contributed by atoms with Gasteiger partial charge in [0.15, 0.2) is 6.61 Å². The van der Waals surface area contributed by atoms with E-state index in [0.29, 0.717) is 5.92 Å². The molecule has 0 saturated carbocycles. The molecule has 1 N–H and O–H groups in total. The molecule has 0 fully saturated rings. The molecule has 3 aromatic carbocycles. The van der Waals surface area contributed by atoms with Crippen molar-refractivity contribution in [3.8, 4) is 0 Å². The molecule has 1 atom stereocenters. The molecule has 0 aliphatic carbocycles. The van der Waals surface area contributed by atoms with Crippen molar-refractivity contribution >= 4 is 28.3 Å². The zero-order valence-electron chi connectivity index (χ0n) is 16.3. The van der Waals surface area contributed by atoms with Crippen LogP contribution < -0.4 is 5.32 Å². The van der Waals surface area contributed by atoms with E-state index in [4.69, 9.17) is 4.74 Å². The number of benzene rings is 3. The van der Waals surface area contributed by atoms with Crippen LogP contribution in [0, 0.1) is 0 Å². The van der Waals surface area contributed by atoms with Crippen LogP contribution in [0.2, 0.25) is 0 Å². The monoisotopic (exact) mass is 375 g/mol. The largest absolute Gasteiger partial charge is 0.455 e. The zero-order chi connectivity index (χ0) is 19.9. The first-order valence-electron chi connectivity index (χ1n) is 9.59. The number of para-hydroxylation sites is 1. The van der Waals surface area contributed by atoms with Crippen LogP contribution in [0.3, 0.4) is 0 Å². The van der Waals surface area contributed by atoms with E-state index in [9.17, 15) is 9.59 Å². The van der Waals surface area contributed by atoms with Crippen molar-refractivity contribution in [3.05, 3.63) is 77.9 Å². The van der Waals surface area contributed by atoms with Crippen molar-refractivity contribution in [2.75, 3.05) is 11.9 Å². The van der Waals surface area contributed by atoms with Crippen molar-refractivity contribution in [1.29, 1.82) is 0 Å². The van der Waals surface area contributed by atoms with E-state index in [-0.39, 0.29) is 18.9 Å². The summed E-state index contributed by atoms with van der Waals surface area (Å²) >= 11 is 0. The first kappa shape index (κ1) is 19.6. The third-order valence-electron chi connectivity index (χ3n) is 4.96. The van der Waals surface area contributed by atoms with Crippen LogP contribution in [0.25, 0.3) is 10.8 Å². The summed E-state index contributed by atoms with van der Waals surface area (Å²) in [5.74, 6) is -0.408. The quantitative estimate of drug-likeness (QED) is 0.586. The Balaban J connectivity index is 1.58. The molecule has 0 aliphatic heterocycles. The van der Waals surface area contributed by atoms with Crippen molar-refractivity contribution in [3.63, 3.8) is 0 Å². The number of hydrogen-bond acceptors (Lipinski definition) is 3. The lowest BCUT2D eigenvalue weighted by Gasteiger charge is -2.15. The van der Waals surface area contributed by atoms with Gasteiger partial charge in [-0.3, -0.25) is 9.59 Å². The highest BCUT2D eigenvalue weighted by Crippen LogP contribution is 2.26. The van der Waals surface area contributed by atoms with Gasteiger partial charge in [0, 0.05) is 5.69 Å². The smallest absolute Gasteiger partial charge is 0.310 e. The van der Waals surface area contributed by atoms with Crippen LogP contribution in [-0.4, -0.2) is 18.5 Å². The second-order valence-electron chi connectivity index (χ2n) is 6.92. The number of fused-ring (bicyclic) bond motifs is 1. The van der Waals surface area contributed by atoms with Gasteiger partial charge in [-0.25, -0.2) is 0 Å². The Labute approximate surface area is 165 Å². The summed E-state index contributed by atoms with van der Waals surface area (Å²) in [7, 11) is 0. The predicted molar refractivity (Wildman–Crippen MR) is 112 cm³/mol. The van der Waals surface area contributed by atoms with E-state index >= 15 is 0 Å². The molecular formula is C24H25NO3. The molecule has 0 aromatic heterocycles. The van der Waals surface area contributed by atoms with E-state index in [1.807, 2.05) is 66.7 Å². The zero-order valence-corrected chi connectivity index (χ0v) is 16.3. The summed E-state index contributed by atoms with van der Waals surface area (Å²) in [5.41, 5.74) is 2.75. The maximum absolute atomic E-state index is 12.3. The standard InChI is InChI=1S/C24H25NO3/c1-3-17(2)20-12-6-7-14-22(20)25-23(26)16-28-24(27)15-19-11-8-10-18-9-4-5-13-21(18)19/h4-14,17H,3,15-16H2,1-2H3,(H,25,26)/t17-/m0/s1. The minimum Gasteiger partial charge on any atom is -0.455 e. The van der Waals surface area contributed by atoms with Gasteiger partial charge >= 0.3 is 5.97 Å². The van der Waals surface area contributed by atoms with Gasteiger partial charge in [0.05, 0.1) is 6.42 Å². The van der Waals surface area contributed by atoms with Gasteiger partial charge in [0.2, 0.25) is 0 Å². The van der Waals surface area contributed by atoms with Crippen molar-refractivity contribution in [2.45, 2.75) is 32.6 Å². The van der Waals surface area contributed by atoms with Crippen molar-refractivity contribution in [2.24, 2.45) is 0 Å². The Hall–Kier alpha value is -3.14. The summed E-state index contributed by atoms with van der Waals surface area (Å²) in [6.07, 6.45) is 1.12. The SMILES string of the molecule is CC[C@H](C)c1ccccc1NC(=O)COC(=O)Cc1cccc2ccccc12. The van der Waals surface area contributed by atoms with Crippen molar-refractivity contribution in [1.82, 2.24) is 0 Å². The van der Waals surface area contributed by atoms with Gasteiger partial charge in [-0.15, -0.1) is 0 Å². The average molecular weight is 375 g/mol. The summed E-state index contributed by atoms with van der Waals surface area (Å²) in [5, 5.41) is 4.96. The highest BCUT2D eigenvalue weighted by molar-refractivity contribution is 5.94. The minimum absolute atomic E-state index is 0.137. The van der Waals surface area contributed by atoms with E-state index in [2.05, 4.69) is 19.2 Å². The Morgan fingerprint density at radius 2 is 1.68 bits per heavy atom. The van der Waals surface area contributed by atoms with Crippen LogP contribution in [0.15, 0.2) is 66.7 Å². The lowest BCUT2D eigenvalue weighted by molar-refractivity contribution is -0.146. The van der Waals surface area contributed by atoms with Gasteiger partial charge in [0.25, 0.3) is 5.91 Å². The summed E-state index contributed by atoms with van der Waals surface area (Å²) < 4.78 is 5.20. The lowest BCUT2D eigenvalue weighted by atomic mass is 9.97. The molecule has 4 heteroatoms. The Morgan fingerprint density at radius 3 is 2.50 bits per heavy atom. The van der Waals surface area contributed by atoms with E-state index in [1.54, 1.807) is 0 Å². The van der Waals surface area contributed by atoms with Gasteiger partial charge in [-0.2, -0.15) is 0 Å². The molecule has 0 aliphatic rings. The molecule has 0 radical (unpaired) electrons. The molecule has 3 rings (SSSR count). The minimum atomic E-state index is -0.415. The van der Waals surface area contributed by atoms with Crippen LogP contribution >= 0.6 is 0 Å². The first-order valence-corrected chi connectivity index (χ1v) is 9.59. The predicted octanol–water partition coefficient (Wildman–Crippen LogP) is 5.08. The molecule has 3 aromatic rings. The fourth-order valence-corrected chi connectivity index (χ4v) is 3.25. The molecule has 0 heterocycles. The molecule has 0 saturated heterocycles. The van der Waals surface area contributed by atoms with Crippen molar-refractivity contribution < 1.29 is 14.3 Å². The molecule has 144 valence electrons. The molecule has 1 amide bonds. The van der Waals surface area contributed by atoms with Gasteiger partial charge in [-0.05, 0) is 40.3 Å². The maximum Gasteiger partial charge on any atom is 0.310 e. The van der Waals surface area contributed by atoms with Gasteiger partial charge in [-0.1, -0.05) is 74.5 Å². The number of ether oxygens (including phenoxy) is 1. The maximum atomic E-state index is 12.3. The number of esters is 1. The molecule has 0 spiro atoms. The number of nitrogens with one attached hydrogen (secondary N) is 1. The molecule has 28 heavy (non-hydrogen) atoms. The summed E-state index contributed by atoms with van der Waals surface area (Å²) in [6, 6.07) is 21.5. The molecule has 0 bridgehead atoms. The molecular weight excluding hydrogens is 350 g/mol. The summed E-state index contributed by atoms with van der Waals surface area (Å²) in [4.78, 5) is 24.5. The second kappa shape index (κ2) is 9.18. The number of amides is 1. The Morgan fingerprint density at radius 1 is 0.964 bits per heavy atom. The molecule has 0 unspecified atom stereocenters. The third kappa shape index (κ3) is 4.77. The van der Waals surface area contributed by atoms with Crippen LogP contribution in [0.1, 0.15) is 37.3 Å². The number of carbonyl (C=O) groups excluding carboxylic acids is 2. The van der Waals surface area contributed by atoms with E-state index in [0.717, 1.165) is 34.0 Å². The number of carbonyl (C=O) groups is 2. The highest BCUT2D eigenvalue weighted by atomic mass is 16.5. The topological polar surface area (TPSA) is 55.4 Å². The summed E-state index contributed by atoms with van der Waals surface area (Å²) in [6.45, 7) is 3.94. The Kier molecular flexibility index (Phi) is 6.43. The third-order valence-corrected chi connectivity index (χ3v) is 4.96. The molecule has 4 nitrogen and oxygen atoms in total. The Bertz CT molecular complexity index is 975. The second-order valence-corrected chi connectivity index (χ2v) is 6.92. The fourth-order valence-electron chi connectivity index (χ4n) is 3.25. The highest BCUT2D eigenvalue weighted by Gasteiger charge is 2.13. The normalized spacial score (nSPS) is 11.8.